The molecule has 1 aromatic rings. The number of esters is 1. The second-order valence-electron chi connectivity index (χ2n) is 9.72. The van der Waals surface area contributed by atoms with Gasteiger partial charge in [0.2, 0.25) is 0 Å². The second kappa shape index (κ2) is 11.9. The highest BCUT2D eigenvalue weighted by Crippen LogP contribution is 2.44. The van der Waals surface area contributed by atoms with E-state index >= 15 is 0 Å². The fourth-order valence-corrected chi connectivity index (χ4v) is 4.16. The van der Waals surface area contributed by atoms with Gasteiger partial charge in [0.25, 0.3) is 0 Å². The van der Waals surface area contributed by atoms with Crippen molar-refractivity contribution in [3.8, 4) is 0 Å². The first-order valence-corrected chi connectivity index (χ1v) is 12.2. The molecule has 0 aromatic heterocycles. The lowest BCUT2D eigenvalue weighted by atomic mass is 9.90. The minimum atomic E-state index is -4.93. The number of alkyl halides is 3. The lowest BCUT2D eigenvalue weighted by Crippen LogP contribution is -2.46. The number of aliphatic hydroxyl groups is 1. The number of halogens is 4. The minimum absolute atomic E-state index is 0.0747. The summed E-state index contributed by atoms with van der Waals surface area (Å²) in [6, 6.07) is 4.23. The van der Waals surface area contributed by atoms with E-state index in [2.05, 4.69) is 5.32 Å². The standard InChI is InChI=1S/C23H33ClF3NO5S/c1-20(2,3)32-18(29)17(28-19(30)33-21(4,5)6)11-13-34-14-12-22(31,23(25,26)27)15-9-7-8-10-16(15)24/h7-10,17,31H,11-14H2,1-6H3,(H,28,30)/t17-,22?/m0/s1. The third-order valence-corrected chi connectivity index (χ3v) is 5.68. The Bertz CT molecular complexity index is 839. The first-order valence-electron chi connectivity index (χ1n) is 10.7. The van der Waals surface area contributed by atoms with Crippen molar-refractivity contribution in [3.63, 3.8) is 0 Å². The van der Waals surface area contributed by atoms with E-state index < -0.39 is 53.1 Å². The van der Waals surface area contributed by atoms with Crippen LogP contribution in [-0.2, 0) is 19.9 Å². The highest BCUT2D eigenvalue weighted by Gasteiger charge is 2.55. The Morgan fingerprint density at radius 2 is 1.59 bits per heavy atom. The normalized spacial score (nSPS) is 15.3. The first-order chi connectivity index (χ1) is 15.4. The third-order valence-electron chi connectivity index (χ3n) is 4.33. The molecule has 0 heterocycles. The molecular weight excluding hydrogens is 495 g/mol. The maximum absolute atomic E-state index is 13.7. The predicted octanol–water partition coefficient (Wildman–Crippen LogP) is 5.84. The first kappa shape index (κ1) is 30.4. The Balaban J connectivity index is 2.80. The number of nitrogens with one attached hydrogen (secondary N) is 1. The number of alkyl carbamates (subject to hydrolysis) is 1. The highest BCUT2D eigenvalue weighted by atomic mass is 35.5. The lowest BCUT2D eigenvalue weighted by molar-refractivity contribution is -0.267. The van der Waals surface area contributed by atoms with Crippen LogP contribution in [0.25, 0.3) is 0 Å². The molecular formula is C23H33ClF3NO5S. The molecule has 11 heteroatoms. The van der Waals surface area contributed by atoms with E-state index in [1.54, 1.807) is 41.5 Å². The Kier molecular flexibility index (Phi) is 10.6. The van der Waals surface area contributed by atoms with Crippen LogP contribution in [0.4, 0.5) is 18.0 Å². The van der Waals surface area contributed by atoms with E-state index in [4.69, 9.17) is 21.1 Å². The van der Waals surface area contributed by atoms with Crippen LogP contribution in [0, 0.1) is 0 Å². The van der Waals surface area contributed by atoms with Gasteiger partial charge in [-0.05, 0) is 72.0 Å². The number of amides is 1. The summed E-state index contributed by atoms with van der Waals surface area (Å²) in [5.41, 5.74) is -5.10. The average Bonchev–Trinajstić information content (AvgIpc) is 2.63. The molecule has 1 rings (SSSR count). The van der Waals surface area contributed by atoms with Crippen molar-refractivity contribution < 1.29 is 37.3 Å². The van der Waals surface area contributed by atoms with Gasteiger partial charge in [0, 0.05) is 10.6 Å². The molecule has 0 saturated carbocycles. The maximum Gasteiger partial charge on any atom is 0.421 e. The number of hydrogen-bond donors (Lipinski definition) is 2. The van der Waals surface area contributed by atoms with Crippen molar-refractivity contribution in [2.24, 2.45) is 0 Å². The summed E-state index contributed by atoms with van der Waals surface area (Å²) in [5.74, 6) is -0.535. The Hall–Kier alpha value is -1.65. The monoisotopic (exact) mass is 527 g/mol. The molecule has 0 saturated heterocycles. The van der Waals surface area contributed by atoms with Crippen LogP contribution >= 0.6 is 23.4 Å². The molecule has 2 atom stereocenters. The summed E-state index contributed by atoms with van der Waals surface area (Å²) in [6.45, 7) is 10.0. The van der Waals surface area contributed by atoms with Gasteiger partial charge >= 0.3 is 18.2 Å². The largest absolute Gasteiger partial charge is 0.458 e. The van der Waals surface area contributed by atoms with Crippen molar-refractivity contribution in [2.75, 3.05) is 11.5 Å². The van der Waals surface area contributed by atoms with E-state index in [0.29, 0.717) is 0 Å². The van der Waals surface area contributed by atoms with Crippen LogP contribution in [0.15, 0.2) is 24.3 Å². The van der Waals surface area contributed by atoms with Crippen LogP contribution in [-0.4, -0.2) is 52.1 Å². The molecule has 0 aliphatic heterocycles. The van der Waals surface area contributed by atoms with Crippen molar-refractivity contribution in [2.45, 2.75) is 83.4 Å². The van der Waals surface area contributed by atoms with Gasteiger partial charge < -0.3 is 19.9 Å². The fraction of sp³-hybridized carbons (Fsp3) is 0.652. The van der Waals surface area contributed by atoms with Gasteiger partial charge in [-0.25, -0.2) is 9.59 Å². The minimum Gasteiger partial charge on any atom is -0.458 e. The summed E-state index contributed by atoms with van der Waals surface area (Å²) in [5, 5.41) is 12.8. The number of ether oxygens (including phenoxy) is 2. The summed E-state index contributed by atoms with van der Waals surface area (Å²) in [4.78, 5) is 24.7. The molecule has 0 bridgehead atoms. The van der Waals surface area contributed by atoms with E-state index in [9.17, 15) is 27.9 Å². The van der Waals surface area contributed by atoms with Crippen LogP contribution < -0.4 is 5.32 Å². The number of rotatable bonds is 9. The molecule has 34 heavy (non-hydrogen) atoms. The number of hydrogen-bond acceptors (Lipinski definition) is 6. The molecule has 1 aromatic carbocycles. The molecule has 1 amide bonds. The van der Waals surface area contributed by atoms with Crippen molar-refractivity contribution in [1.82, 2.24) is 5.32 Å². The molecule has 6 nitrogen and oxygen atoms in total. The number of benzene rings is 1. The van der Waals surface area contributed by atoms with Gasteiger partial charge in [-0.1, -0.05) is 29.8 Å². The maximum atomic E-state index is 13.7. The summed E-state index contributed by atoms with van der Waals surface area (Å²) >= 11 is 7.01. The summed E-state index contributed by atoms with van der Waals surface area (Å²) in [7, 11) is 0. The van der Waals surface area contributed by atoms with Gasteiger partial charge in [0.05, 0.1) is 0 Å². The zero-order chi connectivity index (χ0) is 26.4. The van der Waals surface area contributed by atoms with Crippen LogP contribution in [0.1, 0.15) is 59.9 Å². The van der Waals surface area contributed by atoms with E-state index in [1.165, 1.54) is 18.2 Å². The summed E-state index contributed by atoms with van der Waals surface area (Å²) in [6.07, 6.45) is -6.29. The molecule has 1 unspecified atom stereocenters. The van der Waals surface area contributed by atoms with Crippen molar-refractivity contribution in [3.05, 3.63) is 34.9 Å². The van der Waals surface area contributed by atoms with E-state index in [0.717, 1.165) is 17.8 Å². The SMILES string of the molecule is CC(C)(C)OC(=O)N[C@@H](CCSCCC(O)(c1ccccc1Cl)C(F)(F)F)C(=O)OC(C)(C)C. The Labute approximate surface area is 207 Å². The highest BCUT2D eigenvalue weighted by molar-refractivity contribution is 7.99. The quantitative estimate of drug-likeness (QED) is 0.310. The van der Waals surface area contributed by atoms with E-state index in [1.807, 2.05) is 0 Å². The third kappa shape index (κ3) is 9.92. The zero-order valence-corrected chi connectivity index (χ0v) is 21.8. The van der Waals surface area contributed by atoms with Crippen molar-refractivity contribution in [1.29, 1.82) is 0 Å². The Morgan fingerprint density at radius 1 is 1.03 bits per heavy atom. The molecule has 194 valence electrons. The molecule has 0 fully saturated rings. The zero-order valence-electron chi connectivity index (χ0n) is 20.2. The second-order valence-corrected chi connectivity index (χ2v) is 11.4. The molecule has 0 aliphatic carbocycles. The van der Waals surface area contributed by atoms with Gasteiger partial charge in [-0.15, -0.1) is 0 Å². The fourth-order valence-electron chi connectivity index (χ4n) is 2.82. The van der Waals surface area contributed by atoms with Gasteiger partial charge in [0.15, 0.2) is 5.60 Å². The topological polar surface area (TPSA) is 84.9 Å². The van der Waals surface area contributed by atoms with Gasteiger partial charge in [0.1, 0.15) is 17.2 Å². The Morgan fingerprint density at radius 3 is 2.09 bits per heavy atom. The number of carbonyl (C=O) groups excluding carboxylic acids is 2. The number of carbonyl (C=O) groups is 2. The summed E-state index contributed by atoms with van der Waals surface area (Å²) < 4.78 is 51.6. The van der Waals surface area contributed by atoms with Gasteiger partial charge in [-0.3, -0.25) is 0 Å². The lowest BCUT2D eigenvalue weighted by Gasteiger charge is -2.31. The predicted molar refractivity (Wildman–Crippen MR) is 127 cm³/mol. The van der Waals surface area contributed by atoms with Crippen LogP contribution in [0.2, 0.25) is 5.02 Å². The molecule has 0 radical (unpaired) electrons. The molecule has 2 N–H and O–H groups in total. The molecule has 0 spiro atoms. The molecule has 0 aliphatic rings. The average molecular weight is 528 g/mol. The van der Waals surface area contributed by atoms with E-state index in [-0.39, 0.29) is 22.9 Å². The number of thioether (sulfide) groups is 1. The van der Waals surface area contributed by atoms with Gasteiger partial charge in [-0.2, -0.15) is 24.9 Å². The van der Waals surface area contributed by atoms with Crippen LogP contribution in [0.5, 0.6) is 0 Å². The van der Waals surface area contributed by atoms with Crippen molar-refractivity contribution >= 4 is 35.4 Å². The smallest absolute Gasteiger partial charge is 0.421 e. The van der Waals surface area contributed by atoms with Crippen LogP contribution in [0.3, 0.4) is 0 Å².